The first-order valence-electron chi connectivity index (χ1n) is 7.01. The van der Waals surface area contributed by atoms with Crippen LogP contribution >= 0.6 is 0 Å². The van der Waals surface area contributed by atoms with Gasteiger partial charge in [-0.05, 0) is 34.6 Å². The van der Waals surface area contributed by atoms with Crippen molar-refractivity contribution in [1.82, 2.24) is 20.0 Å². The second-order valence-corrected chi connectivity index (χ2v) is 5.77. The lowest BCUT2D eigenvalue weighted by molar-refractivity contribution is 0.130. The lowest BCUT2D eigenvalue weighted by Gasteiger charge is -2.38. The molecule has 1 aliphatic heterocycles. The van der Waals surface area contributed by atoms with E-state index in [0.717, 1.165) is 19.6 Å². The SMILES string of the molecule is Cc1nn(C(C)C)cc1CN1CCNC(C)C1C. The van der Waals surface area contributed by atoms with Crippen LogP contribution in [0, 0.1) is 6.92 Å². The molecule has 0 aromatic carbocycles. The molecule has 0 saturated carbocycles. The molecule has 102 valence electrons. The van der Waals surface area contributed by atoms with Crippen LogP contribution in [0.25, 0.3) is 0 Å². The van der Waals surface area contributed by atoms with Crippen LogP contribution < -0.4 is 5.32 Å². The Bertz CT molecular complexity index is 396. The zero-order valence-corrected chi connectivity index (χ0v) is 12.3. The lowest BCUT2D eigenvalue weighted by atomic mass is 10.1. The smallest absolute Gasteiger partial charge is 0.0638 e. The first kappa shape index (κ1) is 13.6. The minimum Gasteiger partial charge on any atom is -0.311 e. The number of hydrogen-bond donors (Lipinski definition) is 1. The van der Waals surface area contributed by atoms with Crippen molar-refractivity contribution in [3.05, 3.63) is 17.5 Å². The van der Waals surface area contributed by atoms with Gasteiger partial charge in [-0.25, -0.2) is 0 Å². The summed E-state index contributed by atoms with van der Waals surface area (Å²) in [4.78, 5) is 2.55. The highest BCUT2D eigenvalue weighted by molar-refractivity contribution is 5.16. The van der Waals surface area contributed by atoms with Crippen LogP contribution in [0.3, 0.4) is 0 Å². The van der Waals surface area contributed by atoms with E-state index in [0.29, 0.717) is 18.1 Å². The predicted molar refractivity (Wildman–Crippen MR) is 74.7 cm³/mol. The highest BCUT2D eigenvalue weighted by atomic mass is 15.3. The summed E-state index contributed by atoms with van der Waals surface area (Å²) in [6.07, 6.45) is 2.21. The van der Waals surface area contributed by atoms with Gasteiger partial charge in [0.15, 0.2) is 0 Å². The fourth-order valence-corrected chi connectivity index (χ4v) is 2.51. The van der Waals surface area contributed by atoms with E-state index in [1.54, 1.807) is 0 Å². The van der Waals surface area contributed by atoms with Gasteiger partial charge in [0, 0.05) is 49.5 Å². The van der Waals surface area contributed by atoms with Crippen molar-refractivity contribution in [3.63, 3.8) is 0 Å². The summed E-state index contributed by atoms with van der Waals surface area (Å²) in [5.41, 5.74) is 2.53. The molecule has 1 saturated heterocycles. The molecule has 0 aliphatic carbocycles. The third-order valence-electron chi connectivity index (χ3n) is 4.09. The Morgan fingerprint density at radius 2 is 2.17 bits per heavy atom. The minimum atomic E-state index is 0.441. The molecule has 2 unspecified atom stereocenters. The van der Waals surface area contributed by atoms with Gasteiger partial charge in [0.2, 0.25) is 0 Å². The van der Waals surface area contributed by atoms with E-state index >= 15 is 0 Å². The number of aryl methyl sites for hydroxylation is 1. The van der Waals surface area contributed by atoms with Crippen LogP contribution in [-0.2, 0) is 6.54 Å². The number of nitrogens with one attached hydrogen (secondary N) is 1. The molecule has 1 aromatic heterocycles. The van der Waals surface area contributed by atoms with Gasteiger partial charge in [-0.2, -0.15) is 5.10 Å². The molecule has 0 bridgehead atoms. The summed E-state index contributed by atoms with van der Waals surface area (Å²) in [6, 6.07) is 1.59. The van der Waals surface area contributed by atoms with Crippen LogP contribution in [0.2, 0.25) is 0 Å². The fourth-order valence-electron chi connectivity index (χ4n) is 2.51. The number of rotatable bonds is 3. The molecule has 4 heteroatoms. The molecule has 0 spiro atoms. The first-order chi connectivity index (χ1) is 8.49. The second-order valence-electron chi connectivity index (χ2n) is 5.77. The molecular formula is C14H26N4. The number of hydrogen-bond acceptors (Lipinski definition) is 3. The molecule has 1 fully saturated rings. The monoisotopic (exact) mass is 250 g/mol. The standard InChI is InChI=1S/C14H26N4/c1-10(2)18-9-14(12(4)16-18)8-17-7-6-15-11(3)13(17)5/h9-11,13,15H,6-8H2,1-5H3. The van der Waals surface area contributed by atoms with Gasteiger partial charge in [0.25, 0.3) is 0 Å². The molecule has 0 amide bonds. The molecule has 2 rings (SSSR count). The zero-order chi connectivity index (χ0) is 13.3. The Labute approximate surface area is 110 Å². The molecule has 1 N–H and O–H groups in total. The summed E-state index contributed by atoms with van der Waals surface area (Å²) in [5.74, 6) is 0. The van der Waals surface area contributed by atoms with E-state index in [2.05, 4.69) is 60.8 Å². The van der Waals surface area contributed by atoms with E-state index in [-0.39, 0.29) is 0 Å². The molecule has 0 radical (unpaired) electrons. The van der Waals surface area contributed by atoms with Gasteiger partial charge in [-0.3, -0.25) is 9.58 Å². The Balaban J connectivity index is 2.08. The van der Waals surface area contributed by atoms with Gasteiger partial charge in [0.1, 0.15) is 0 Å². The normalized spacial score (nSPS) is 25.9. The van der Waals surface area contributed by atoms with Crippen LogP contribution in [-0.4, -0.2) is 39.9 Å². The summed E-state index contributed by atoms with van der Waals surface area (Å²) >= 11 is 0. The largest absolute Gasteiger partial charge is 0.311 e. The Morgan fingerprint density at radius 3 is 2.78 bits per heavy atom. The lowest BCUT2D eigenvalue weighted by Crippen LogP contribution is -2.54. The van der Waals surface area contributed by atoms with Gasteiger partial charge in [-0.1, -0.05) is 0 Å². The molecule has 1 aliphatic rings. The molecule has 2 heterocycles. The Kier molecular flexibility index (Phi) is 4.07. The third-order valence-corrected chi connectivity index (χ3v) is 4.09. The quantitative estimate of drug-likeness (QED) is 0.890. The number of piperazine rings is 1. The van der Waals surface area contributed by atoms with Gasteiger partial charge >= 0.3 is 0 Å². The zero-order valence-electron chi connectivity index (χ0n) is 12.3. The molecule has 18 heavy (non-hydrogen) atoms. The van der Waals surface area contributed by atoms with Crippen molar-refractivity contribution in [3.8, 4) is 0 Å². The molecular weight excluding hydrogens is 224 g/mol. The predicted octanol–water partition coefficient (Wildman–Crippen LogP) is 1.95. The maximum atomic E-state index is 4.59. The van der Waals surface area contributed by atoms with E-state index in [4.69, 9.17) is 0 Å². The van der Waals surface area contributed by atoms with Crippen LogP contribution in [0.1, 0.15) is 45.0 Å². The molecule has 1 aromatic rings. The van der Waals surface area contributed by atoms with Crippen molar-refractivity contribution in [2.24, 2.45) is 0 Å². The number of aromatic nitrogens is 2. The Hall–Kier alpha value is -0.870. The van der Waals surface area contributed by atoms with Crippen molar-refractivity contribution in [2.75, 3.05) is 13.1 Å². The van der Waals surface area contributed by atoms with Crippen molar-refractivity contribution in [1.29, 1.82) is 0 Å². The van der Waals surface area contributed by atoms with Gasteiger partial charge < -0.3 is 5.32 Å². The van der Waals surface area contributed by atoms with E-state index in [1.165, 1.54) is 11.3 Å². The van der Waals surface area contributed by atoms with Crippen molar-refractivity contribution < 1.29 is 0 Å². The fraction of sp³-hybridized carbons (Fsp3) is 0.786. The Morgan fingerprint density at radius 1 is 1.44 bits per heavy atom. The molecule has 2 atom stereocenters. The van der Waals surface area contributed by atoms with E-state index in [9.17, 15) is 0 Å². The van der Waals surface area contributed by atoms with Crippen molar-refractivity contribution >= 4 is 0 Å². The minimum absolute atomic E-state index is 0.441. The van der Waals surface area contributed by atoms with Gasteiger partial charge in [-0.15, -0.1) is 0 Å². The summed E-state index contributed by atoms with van der Waals surface area (Å²) in [5, 5.41) is 8.12. The summed E-state index contributed by atoms with van der Waals surface area (Å²) < 4.78 is 2.07. The highest BCUT2D eigenvalue weighted by Crippen LogP contribution is 2.17. The van der Waals surface area contributed by atoms with Gasteiger partial charge in [0.05, 0.1) is 5.69 Å². The summed E-state index contributed by atoms with van der Waals surface area (Å²) in [6.45, 7) is 14.3. The third kappa shape index (κ3) is 2.75. The first-order valence-corrected chi connectivity index (χ1v) is 7.01. The number of nitrogens with zero attached hydrogens (tertiary/aromatic N) is 3. The maximum Gasteiger partial charge on any atom is 0.0638 e. The highest BCUT2D eigenvalue weighted by Gasteiger charge is 2.25. The van der Waals surface area contributed by atoms with Crippen LogP contribution in [0.15, 0.2) is 6.20 Å². The van der Waals surface area contributed by atoms with Crippen LogP contribution in [0.5, 0.6) is 0 Å². The van der Waals surface area contributed by atoms with E-state index < -0.39 is 0 Å². The second kappa shape index (κ2) is 5.41. The van der Waals surface area contributed by atoms with E-state index in [1.807, 2.05) is 0 Å². The average Bonchev–Trinajstić information content (AvgIpc) is 2.67. The van der Waals surface area contributed by atoms with Crippen LogP contribution in [0.4, 0.5) is 0 Å². The maximum absolute atomic E-state index is 4.59. The molecule has 4 nitrogen and oxygen atoms in total. The average molecular weight is 250 g/mol. The summed E-state index contributed by atoms with van der Waals surface area (Å²) in [7, 11) is 0. The topological polar surface area (TPSA) is 33.1 Å². The van der Waals surface area contributed by atoms with Crippen molar-refractivity contribution in [2.45, 2.75) is 59.3 Å².